The van der Waals surface area contributed by atoms with Crippen LogP contribution in [-0.4, -0.2) is 23.7 Å². The summed E-state index contributed by atoms with van der Waals surface area (Å²) in [4.78, 5) is 12.1. The molecule has 1 saturated carbocycles. The molecule has 3 rings (SSSR count). The van der Waals surface area contributed by atoms with Gasteiger partial charge >= 0.3 is 0 Å². The third-order valence-corrected chi connectivity index (χ3v) is 4.81. The Hall–Kier alpha value is -1.85. The van der Waals surface area contributed by atoms with Gasteiger partial charge in [0, 0.05) is 12.1 Å². The van der Waals surface area contributed by atoms with Gasteiger partial charge in [-0.25, -0.2) is 0 Å². The molecule has 0 radical (unpaired) electrons. The highest BCUT2D eigenvalue weighted by Crippen LogP contribution is 2.24. The monoisotopic (exact) mass is 331 g/mol. The molecule has 0 bridgehead atoms. The highest BCUT2D eigenvalue weighted by atomic mass is 32.1. The van der Waals surface area contributed by atoms with Crippen LogP contribution in [-0.2, 0) is 0 Å². The molecule has 4 nitrogen and oxygen atoms in total. The number of thiophene rings is 1. The van der Waals surface area contributed by atoms with Gasteiger partial charge in [-0.2, -0.15) is 11.3 Å². The second-order valence-electron chi connectivity index (χ2n) is 5.83. The van der Waals surface area contributed by atoms with Crippen LogP contribution < -0.4 is 10.1 Å². The molecular formula is C18H21NO3S. The predicted octanol–water partition coefficient (Wildman–Crippen LogP) is 3.53. The lowest BCUT2D eigenvalue weighted by Crippen LogP contribution is -2.28. The Morgan fingerprint density at radius 3 is 2.65 bits per heavy atom. The van der Waals surface area contributed by atoms with Gasteiger partial charge in [-0.05, 0) is 72.3 Å². The van der Waals surface area contributed by atoms with Crippen LogP contribution in [0.25, 0.3) is 0 Å². The van der Waals surface area contributed by atoms with Crippen molar-refractivity contribution < 1.29 is 14.6 Å². The minimum absolute atomic E-state index is 0.188. The van der Waals surface area contributed by atoms with Gasteiger partial charge in [0.25, 0.3) is 5.91 Å². The van der Waals surface area contributed by atoms with Crippen LogP contribution >= 0.6 is 11.3 Å². The van der Waals surface area contributed by atoms with Crippen molar-refractivity contribution in [1.29, 1.82) is 0 Å². The zero-order chi connectivity index (χ0) is 16.1. The van der Waals surface area contributed by atoms with E-state index in [9.17, 15) is 9.90 Å². The molecule has 0 saturated heterocycles. The zero-order valence-electron chi connectivity index (χ0n) is 12.9. The zero-order valence-corrected chi connectivity index (χ0v) is 13.7. The largest absolute Gasteiger partial charge is 0.490 e. The van der Waals surface area contributed by atoms with E-state index in [-0.39, 0.29) is 12.5 Å². The molecule has 0 spiro atoms. The number of rotatable bonds is 6. The van der Waals surface area contributed by atoms with Gasteiger partial charge < -0.3 is 15.2 Å². The number of nitrogens with one attached hydrogen (secondary N) is 1. The van der Waals surface area contributed by atoms with Gasteiger partial charge in [0.1, 0.15) is 5.75 Å². The summed E-state index contributed by atoms with van der Waals surface area (Å²) in [6.45, 7) is 0.204. The normalized spacial score (nSPS) is 16.2. The molecule has 1 heterocycles. The molecule has 23 heavy (non-hydrogen) atoms. The maximum Gasteiger partial charge on any atom is 0.251 e. The van der Waals surface area contributed by atoms with Crippen LogP contribution in [0.3, 0.4) is 0 Å². The molecule has 1 aliphatic rings. The molecule has 1 atom stereocenters. The number of ether oxygens (including phenoxy) is 1. The molecule has 5 heteroatoms. The standard InChI is InChI=1S/C18H21NO3S/c20-17(14-9-10-23-12-14)11-19-18(21)13-5-7-16(8-6-13)22-15-3-1-2-4-15/h5-10,12,15,17,20H,1-4,11H2,(H,19,21). The molecule has 0 aliphatic heterocycles. The number of aliphatic hydroxyl groups is 1. The van der Waals surface area contributed by atoms with Gasteiger partial charge in [0.15, 0.2) is 0 Å². The number of benzene rings is 1. The van der Waals surface area contributed by atoms with Crippen molar-refractivity contribution in [3.05, 3.63) is 52.2 Å². The van der Waals surface area contributed by atoms with Gasteiger partial charge in [-0.3, -0.25) is 4.79 Å². The van der Waals surface area contributed by atoms with Crippen LogP contribution in [0.5, 0.6) is 5.75 Å². The first-order chi connectivity index (χ1) is 11.2. The Kier molecular flexibility index (Phi) is 5.31. The fraction of sp³-hybridized carbons (Fsp3) is 0.389. The molecular weight excluding hydrogens is 310 g/mol. The van der Waals surface area contributed by atoms with Crippen LogP contribution in [0.4, 0.5) is 0 Å². The lowest BCUT2D eigenvalue weighted by Gasteiger charge is -2.14. The predicted molar refractivity (Wildman–Crippen MR) is 90.9 cm³/mol. The Balaban J connectivity index is 1.51. The second kappa shape index (κ2) is 7.62. The van der Waals surface area contributed by atoms with Crippen LogP contribution in [0.1, 0.15) is 47.7 Å². The summed E-state index contributed by atoms with van der Waals surface area (Å²) in [5, 5.41) is 16.5. The first-order valence-electron chi connectivity index (χ1n) is 7.97. The van der Waals surface area contributed by atoms with E-state index in [1.54, 1.807) is 12.1 Å². The summed E-state index contributed by atoms with van der Waals surface area (Å²) < 4.78 is 5.89. The molecule has 1 unspecified atom stereocenters. The molecule has 2 aromatic rings. The van der Waals surface area contributed by atoms with Gasteiger partial charge in [-0.15, -0.1) is 0 Å². The lowest BCUT2D eigenvalue weighted by molar-refractivity contribution is 0.0916. The van der Waals surface area contributed by atoms with E-state index in [2.05, 4.69) is 5.32 Å². The van der Waals surface area contributed by atoms with Crippen molar-refractivity contribution in [2.75, 3.05) is 6.54 Å². The molecule has 1 amide bonds. The molecule has 1 aromatic heterocycles. The topological polar surface area (TPSA) is 58.6 Å². The van der Waals surface area contributed by atoms with Crippen molar-refractivity contribution >= 4 is 17.2 Å². The Morgan fingerprint density at radius 2 is 2.00 bits per heavy atom. The van der Waals surface area contributed by atoms with Gasteiger partial charge in [0.2, 0.25) is 0 Å². The number of carbonyl (C=O) groups excluding carboxylic acids is 1. The Labute approximate surface area is 140 Å². The Morgan fingerprint density at radius 1 is 1.26 bits per heavy atom. The summed E-state index contributed by atoms with van der Waals surface area (Å²) in [5.74, 6) is 0.624. The smallest absolute Gasteiger partial charge is 0.251 e. The average molecular weight is 331 g/mol. The first kappa shape index (κ1) is 16.0. The van der Waals surface area contributed by atoms with Crippen LogP contribution in [0.2, 0.25) is 0 Å². The fourth-order valence-electron chi connectivity index (χ4n) is 2.76. The van der Waals surface area contributed by atoms with Crippen molar-refractivity contribution in [3.63, 3.8) is 0 Å². The average Bonchev–Trinajstić information content (AvgIpc) is 3.26. The number of amides is 1. The summed E-state index contributed by atoms with van der Waals surface area (Å²) >= 11 is 1.53. The van der Waals surface area contributed by atoms with Crippen LogP contribution in [0.15, 0.2) is 41.1 Å². The van der Waals surface area contributed by atoms with E-state index in [1.807, 2.05) is 29.0 Å². The minimum Gasteiger partial charge on any atom is -0.490 e. The van der Waals surface area contributed by atoms with Gasteiger partial charge in [0.05, 0.1) is 12.2 Å². The third kappa shape index (κ3) is 4.33. The highest BCUT2D eigenvalue weighted by Gasteiger charge is 2.16. The molecule has 2 N–H and O–H groups in total. The lowest BCUT2D eigenvalue weighted by atomic mass is 10.1. The maximum absolute atomic E-state index is 12.1. The fourth-order valence-corrected chi connectivity index (χ4v) is 3.46. The molecule has 1 aliphatic carbocycles. The first-order valence-corrected chi connectivity index (χ1v) is 8.92. The van der Waals surface area contributed by atoms with Crippen LogP contribution in [0, 0.1) is 0 Å². The summed E-state index contributed by atoms with van der Waals surface area (Å²) in [5.41, 5.74) is 1.40. The number of hydrogen-bond acceptors (Lipinski definition) is 4. The van der Waals surface area contributed by atoms with E-state index in [1.165, 1.54) is 24.2 Å². The molecule has 1 aromatic carbocycles. The summed E-state index contributed by atoms with van der Waals surface area (Å²) in [6.07, 6.45) is 4.34. The maximum atomic E-state index is 12.1. The molecule has 122 valence electrons. The number of carbonyl (C=O) groups is 1. The van der Waals surface area contributed by atoms with Gasteiger partial charge in [-0.1, -0.05) is 0 Å². The Bertz CT molecular complexity index is 618. The third-order valence-electron chi connectivity index (χ3n) is 4.11. The van der Waals surface area contributed by atoms with E-state index in [0.717, 1.165) is 24.2 Å². The van der Waals surface area contributed by atoms with E-state index >= 15 is 0 Å². The van der Waals surface area contributed by atoms with Crippen molar-refractivity contribution in [3.8, 4) is 5.75 Å². The van der Waals surface area contributed by atoms with Crippen molar-refractivity contribution in [2.24, 2.45) is 0 Å². The highest BCUT2D eigenvalue weighted by molar-refractivity contribution is 7.07. The van der Waals surface area contributed by atoms with E-state index < -0.39 is 6.10 Å². The summed E-state index contributed by atoms with van der Waals surface area (Å²) in [6, 6.07) is 9.05. The van der Waals surface area contributed by atoms with Crippen molar-refractivity contribution in [1.82, 2.24) is 5.32 Å². The van der Waals surface area contributed by atoms with E-state index in [4.69, 9.17) is 4.74 Å². The second-order valence-corrected chi connectivity index (χ2v) is 6.61. The molecule has 1 fully saturated rings. The SMILES string of the molecule is O=C(NCC(O)c1ccsc1)c1ccc(OC2CCCC2)cc1. The number of hydrogen-bond donors (Lipinski definition) is 2. The number of aliphatic hydroxyl groups excluding tert-OH is 1. The summed E-state index contributed by atoms with van der Waals surface area (Å²) in [7, 11) is 0. The van der Waals surface area contributed by atoms with Crippen molar-refractivity contribution in [2.45, 2.75) is 37.9 Å². The minimum atomic E-state index is -0.671. The van der Waals surface area contributed by atoms with E-state index in [0.29, 0.717) is 11.7 Å². The quantitative estimate of drug-likeness (QED) is 0.851.